The first-order chi connectivity index (χ1) is 9.11. The van der Waals surface area contributed by atoms with E-state index in [0.29, 0.717) is 19.6 Å². The third kappa shape index (κ3) is 3.63. The van der Waals surface area contributed by atoms with Gasteiger partial charge in [-0.1, -0.05) is 5.92 Å². The van der Waals surface area contributed by atoms with Crippen molar-refractivity contribution in [1.82, 2.24) is 15.1 Å². The molecule has 1 N–H and O–H groups in total. The predicted octanol–water partition coefficient (Wildman–Crippen LogP) is 0.662. The summed E-state index contributed by atoms with van der Waals surface area (Å²) in [5, 5.41) is 2.75. The van der Waals surface area contributed by atoms with Crippen LogP contribution in [0.15, 0.2) is 0 Å². The van der Waals surface area contributed by atoms with Crippen LogP contribution >= 0.6 is 0 Å². The minimum Gasteiger partial charge on any atom is -0.341 e. The lowest BCUT2D eigenvalue weighted by molar-refractivity contribution is -0.132. The number of hydrogen-bond acceptors (Lipinski definition) is 2. The lowest BCUT2D eigenvalue weighted by Gasteiger charge is -2.23. The Morgan fingerprint density at radius 3 is 2.47 bits per heavy atom. The van der Waals surface area contributed by atoms with E-state index in [1.165, 1.54) is 0 Å². The zero-order chi connectivity index (χ0) is 13.8. The molecule has 1 heterocycles. The Bertz CT molecular complexity index is 398. The summed E-state index contributed by atoms with van der Waals surface area (Å²) >= 11 is 0. The van der Waals surface area contributed by atoms with Crippen LogP contribution in [-0.4, -0.2) is 54.0 Å². The molecule has 2 rings (SSSR count). The summed E-state index contributed by atoms with van der Waals surface area (Å²) in [6.07, 6.45) is 8.13. The van der Waals surface area contributed by atoms with Gasteiger partial charge < -0.3 is 15.1 Å². The number of nitrogens with one attached hydrogen (secondary N) is 1. The second-order valence-corrected chi connectivity index (χ2v) is 5.28. The maximum absolute atomic E-state index is 12.0. The number of carbonyl (C=O) groups excluding carboxylic acids is 2. The Labute approximate surface area is 114 Å². The van der Waals surface area contributed by atoms with E-state index in [1.807, 2.05) is 4.90 Å². The van der Waals surface area contributed by atoms with E-state index in [4.69, 9.17) is 6.42 Å². The second kappa shape index (κ2) is 5.96. The maximum Gasteiger partial charge on any atom is 0.318 e. The Hall–Kier alpha value is -1.70. The molecule has 0 unspecified atom stereocenters. The molecule has 1 aliphatic heterocycles. The largest absolute Gasteiger partial charge is 0.341 e. The SMILES string of the molecule is C#C[C@@H](C)NC(=O)N1CCCN(C(=O)C2CC2)CC1. The molecule has 5 heteroatoms. The molecular formula is C14H21N3O2. The van der Waals surface area contributed by atoms with E-state index in [-0.39, 0.29) is 23.9 Å². The zero-order valence-corrected chi connectivity index (χ0v) is 11.4. The van der Waals surface area contributed by atoms with Gasteiger partial charge in [0.05, 0.1) is 6.04 Å². The standard InChI is InChI=1S/C14H21N3O2/c1-3-11(2)15-14(19)17-8-4-7-16(9-10-17)13(18)12-5-6-12/h1,11-12H,4-10H2,2H3,(H,15,19)/t11-/m1/s1. The van der Waals surface area contributed by atoms with Crippen LogP contribution in [0.3, 0.4) is 0 Å². The summed E-state index contributed by atoms with van der Waals surface area (Å²) in [5.41, 5.74) is 0. The molecule has 0 bridgehead atoms. The van der Waals surface area contributed by atoms with Gasteiger partial charge in [-0.2, -0.15) is 0 Å². The number of hydrogen-bond donors (Lipinski definition) is 1. The van der Waals surface area contributed by atoms with E-state index in [1.54, 1.807) is 11.8 Å². The van der Waals surface area contributed by atoms with Crippen molar-refractivity contribution in [1.29, 1.82) is 0 Å². The fraction of sp³-hybridized carbons (Fsp3) is 0.714. The number of amides is 3. The van der Waals surface area contributed by atoms with Crippen LogP contribution in [0.4, 0.5) is 4.79 Å². The minimum absolute atomic E-state index is 0.133. The molecule has 19 heavy (non-hydrogen) atoms. The molecule has 1 saturated carbocycles. The summed E-state index contributed by atoms with van der Waals surface area (Å²) in [6, 6.07) is -0.397. The molecule has 0 aromatic carbocycles. The van der Waals surface area contributed by atoms with Crippen LogP contribution in [-0.2, 0) is 4.79 Å². The normalized spacial score (nSPS) is 21.3. The van der Waals surface area contributed by atoms with Crippen molar-refractivity contribution in [3.05, 3.63) is 0 Å². The van der Waals surface area contributed by atoms with Crippen molar-refractivity contribution in [3.8, 4) is 12.3 Å². The van der Waals surface area contributed by atoms with Gasteiger partial charge >= 0.3 is 6.03 Å². The topological polar surface area (TPSA) is 52.7 Å². The molecule has 5 nitrogen and oxygen atoms in total. The molecule has 0 aromatic rings. The van der Waals surface area contributed by atoms with Gasteiger partial charge in [0.15, 0.2) is 0 Å². The van der Waals surface area contributed by atoms with E-state index < -0.39 is 0 Å². The molecule has 0 spiro atoms. The van der Waals surface area contributed by atoms with Crippen molar-refractivity contribution < 1.29 is 9.59 Å². The van der Waals surface area contributed by atoms with Gasteiger partial charge in [0.1, 0.15) is 0 Å². The number of nitrogens with zero attached hydrogens (tertiary/aromatic N) is 2. The van der Waals surface area contributed by atoms with E-state index in [0.717, 1.165) is 25.8 Å². The monoisotopic (exact) mass is 263 g/mol. The van der Waals surface area contributed by atoms with Crippen molar-refractivity contribution in [2.24, 2.45) is 5.92 Å². The summed E-state index contributed by atoms with van der Waals surface area (Å²) in [6.45, 7) is 4.43. The smallest absolute Gasteiger partial charge is 0.318 e. The fourth-order valence-electron chi connectivity index (χ4n) is 2.25. The average Bonchev–Trinajstić information content (AvgIpc) is 3.23. The highest BCUT2D eigenvalue weighted by Gasteiger charge is 2.34. The Morgan fingerprint density at radius 1 is 1.21 bits per heavy atom. The van der Waals surface area contributed by atoms with Crippen LogP contribution < -0.4 is 5.32 Å². The molecule has 0 aromatic heterocycles. The Balaban J connectivity index is 1.84. The molecule has 0 radical (unpaired) electrons. The van der Waals surface area contributed by atoms with Gasteiger partial charge in [0.25, 0.3) is 0 Å². The number of rotatable bonds is 2. The van der Waals surface area contributed by atoms with Crippen molar-refractivity contribution in [3.63, 3.8) is 0 Å². The summed E-state index contributed by atoms with van der Waals surface area (Å²) in [7, 11) is 0. The molecule has 1 atom stereocenters. The van der Waals surface area contributed by atoms with Crippen LogP contribution in [0, 0.1) is 18.3 Å². The zero-order valence-electron chi connectivity index (χ0n) is 11.4. The Kier molecular flexibility index (Phi) is 4.31. The van der Waals surface area contributed by atoms with Gasteiger partial charge in [-0.05, 0) is 26.2 Å². The predicted molar refractivity (Wildman–Crippen MR) is 72.3 cm³/mol. The van der Waals surface area contributed by atoms with Crippen molar-refractivity contribution in [2.45, 2.75) is 32.2 Å². The van der Waals surface area contributed by atoms with Gasteiger partial charge in [0, 0.05) is 32.1 Å². The third-order valence-corrected chi connectivity index (χ3v) is 3.61. The molecular weight excluding hydrogens is 242 g/mol. The van der Waals surface area contributed by atoms with Gasteiger partial charge in [-0.3, -0.25) is 4.79 Å². The number of terminal acetylenes is 1. The third-order valence-electron chi connectivity index (χ3n) is 3.61. The molecule has 2 aliphatic rings. The molecule has 1 saturated heterocycles. The van der Waals surface area contributed by atoms with Gasteiger partial charge in [-0.15, -0.1) is 6.42 Å². The first kappa shape index (κ1) is 13.7. The molecule has 2 fully saturated rings. The van der Waals surface area contributed by atoms with Crippen LogP contribution in [0.1, 0.15) is 26.2 Å². The van der Waals surface area contributed by atoms with Gasteiger partial charge in [0.2, 0.25) is 5.91 Å². The Morgan fingerprint density at radius 2 is 1.84 bits per heavy atom. The summed E-state index contributed by atoms with van der Waals surface area (Å²) in [5.74, 6) is 2.99. The van der Waals surface area contributed by atoms with Crippen LogP contribution in [0.25, 0.3) is 0 Å². The minimum atomic E-state index is -0.264. The maximum atomic E-state index is 12.0. The second-order valence-electron chi connectivity index (χ2n) is 5.28. The van der Waals surface area contributed by atoms with Crippen molar-refractivity contribution >= 4 is 11.9 Å². The van der Waals surface area contributed by atoms with Gasteiger partial charge in [-0.25, -0.2) is 4.79 Å². The van der Waals surface area contributed by atoms with Crippen molar-refractivity contribution in [2.75, 3.05) is 26.2 Å². The van der Waals surface area contributed by atoms with E-state index in [9.17, 15) is 9.59 Å². The lowest BCUT2D eigenvalue weighted by atomic mass is 10.3. The average molecular weight is 263 g/mol. The lowest BCUT2D eigenvalue weighted by Crippen LogP contribution is -2.45. The quantitative estimate of drug-likeness (QED) is 0.744. The highest BCUT2D eigenvalue weighted by atomic mass is 16.2. The highest BCUT2D eigenvalue weighted by Crippen LogP contribution is 2.31. The molecule has 1 aliphatic carbocycles. The summed E-state index contributed by atoms with van der Waals surface area (Å²) < 4.78 is 0. The van der Waals surface area contributed by atoms with E-state index >= 15 is 0 Å². The first-order valence-corrected chi connectivity index (χ1v) is 6.92. The fourth-order valence-corrected chi connectivity index (χ4v) is 2.25. The highest BCUT2D eigenvalue weighted by molar-refractivity contribution is 5.81. The van der Waals surface area contributed by atoms with Crippen LogP contribution in [0.2, 0.25) is 0 Å². The number of carbonyl (C=O) groups is 2. The van der Waals surface area contributed by atoms with Crippen LogP contribution in [0.5, 0.6) is 0 Å². The van der Waals surface area contributed by atoms with E-state index in [2.05, 4.69) is 11.2 Å². The molecule has 3 amide bonds. The number of urea groups is 1. The first-order valence-electron chi connectivity index (χ1n) is 6.92. The molecule has 104 valence electrons. The summed E-state index contributed by atoms with van der Waals surface area (Å²) in [4.78, 5) is 27.6.